The lowest BCUT2D eigenvalue weighted by Gasteiger charge is -2.37. The third kappa shape index (κ3) is 29.7. The SMILES string of the molecule is CCCCCCCC[N+](CC)(CC)CCCNC(=O)CCc1cc(-n2nc3ccccc3n2)c(O)c(C(C)(C)C)c1.CCCC[N+](CC)(CC)CCCNC(=O)CCc1cc(-n2nc3ccccc3n2)c(O)c(C(C)(C)C)c1.CC[N+](C)(CC)CCCNC(=O)CCc1cc(-n2nc3ccccc3n2)c(O)c(C(C)(C)C)c1.[Br-].[Br-].[I-]. The molecule has 0 spiro atoms. The number of carbonyl (C=O) groups excluding carboxylic acids is 3. The zero-order valence-corrected chi connectivity index (χ0v) is 78.2. The number of aromatic hydroxyl groups is 3. The van der Waals surface area contributed by atoms with E-state index in [0.717, 1.165) is 158 Å². The van der Waals surface area contributed by atoms with E-state index in [4.69, 9.17) is 0 Å². The predicted octanol–water partition coefficient (Wildman–Crippen LogP) is 7.96. The standard InChI is InChI=1S/C34H53N5O2.C30H45N5O2.C27H39N5O2.2BrH.HI/c1-7-10-11-12-13-16-23-39(8-2,9-3)24-17-22-35-32(40)21-20-27-25-28(34(4,5)6)33(41)31(26-27)38-36-29-18-14-15-19-30(29)37-38;1-7-10-19-35(8-2,9-3)20-13-18-31-28(36)17-16-23-21-24(30(4,5)6)29(37)27(22-23)34-32-25-14-11-12-15-26(25)33-34;1-7-32(6,8-2)17-11-16-28-25(33)15-14-20-18-21(27(3,4)5)26(34)24(19-20)31-29-22-12-9-10-13-23(22)30-31;;;/h14-15,18-19,25-26H,7-13,16-17,20-24H2,1-6H3,(H-,35,40,41);11-12,14-15,21-22H,7-10,13,16-20H2,1-6H3,(H-,31,36,37);9-10,12-13,18-19H,7-8,11,14-17H2,1-6H3,(H-,28,33,34);3*1H. The van der Waals surface area contributed by atoms with Crippen molar-refractivity contribution in [2.45, 2.75) is 243 Å². The first-order valence-corrected chi connectivity index (χ1v) is 42.2. The Kier molecular flexibility index (Phi) is 41.4. The molecule has 0 saturated carbocycles. The van der Waals surface area contributed by atoms with E-state index in [0.29, 0.717) is 75.2 Å². The molecule has 0 atom stereocenters. The molecule has 0 unspecified atom stereocenters. The van der Waals surface area contributed by atoms with Crippen LogP contribution in [0.1, 0.15) is 241 Å². The lowest BCUT2D eigenvalue weighted by Crippen LogP contribution is -3.00. The molecule has 0 aliphatic heterocycles. The third-order valence-electron chi connectivity index (χ3n) is 22.9. The lowest BCUT2D eigenvalue weighted by molar-refractivity contribution is -0.925. The number of unbranched alkanes of at least 4 members (excludes halogenated alkanes) is 6. The Morgan fingerprint density at radius 3 is 0.870 bits per heavy atom. The minimum atomic E-state index is -0.275. The summed E-state index contributed by atoms with van der Waals surface area (Å²) in [6.45, 7) is 51.4. The number of nitrogens with one attached hydrogen (secondary N) is 3. The molecule has 21 nitrogen and oxygen atoms in total. The van der Waals surface area contributed by atoms with E-state index in [2.05, 4.69) is 171 Å². The number of hydrogen-bond donors (Lipinski definition) is 6. The van der Waals surface area contributed by atoms with E-state index in [1.54, 1.807) is 0 Å². The number of rotatable bonds is 40. The molecule has 9 rings (SSSR count). The van der Waals surface area contributed by atoms with Gasteiger partial charge in [-0.25, -0.2) is 0 Å². The molecule has 6 aromatic carbocycles. The number of benzene rings is 6. The normalized spacial score (nSPS) is 11.9. The van der Waals surface area contributed by atoms with Crippen LogP contribution in [0.25, 0.3) is 50.2 Å². The van der Waals surface area contributed by atoms with Crippen LogP contribution in [-0.4, -0.2) is 190 Å². The van der Waals surface area contributed by atoms with Crippen molar-refractivity contribution in [2.24, 2.45) is 0 Å². The van der Waals surface area contributed by atoms with Crippen LogP contribution in [-0.2, 0) is 49.9 Å². The van der Waals surface area contributed by atoms with Crippen LogP contribution < -0.4 is 73.9 Å². The van der Waals surface area contributed by atoms with Crippen molar-refractivity contribution in [1.29, 1.82) is 0 Å². The van der Waals surface area contributed by atoms with Crippen molar-refractivity contribution in [3.8, 4) is 34.3 Å². The van der Waals surface area contributed by atoms with Gasteiger partial charge in [0.25, 0.3) is 0 Å². The van der Waals surface area contributed by atoms with Crippen LogP contribution >= 0.6 is 0 Å². The highest BCUT2D eigenvalue weighted by Gasteiger charge is 2.29. The summed E-state index contributed by atoms with van der Waals surface area (Å²) in [4.78, 5) is 42.5. The molecule has 0 bridgehead atoms. The summed E-state index contributed by atoms with van der Waals surface area (Å²) in [5.41, 5.74) is 10.9. The molecular formula is C91H140Br2IN15O6. The number of fused-ring (bicyclic) bond motifs is 3. The molecule has 3 amide bonds. The van der Waals surface area contributed by atoms with Crippen molar-refractivity contribution in [1.82, 2.24) is 60.9 Å². The first-order chi connectivity index (χ1) is 53.3. The van der Waals surface area contributed by atoms with Crippen molar-refractivity contribution >= 4 is 50.8 Å². The highest BCUT2D eigenvalue weighted by Crippen LogP contribution is 2.40. The first-order valence-electron chi connectivity index (χ1n) is 42.2. The van der Waals surface area contributed by atoms with Crippen LogP contribution in [0.2, 0.25) is 0 Å². The summed E-state index contributed by atoms with van der Waals surface area (Å²) in [5, 5.41) is 70.1. The molecule has 9 aromatic rings. The first kappa shape index (κ1) is 100. The van der Waals surface area contributed by atoms with Crippen molar-refractivity contribution in [3.63, 3.8) is 0 Å². The number of quaternary nitrogens is 3. The molecule has 3 heterocycles. The number of nitrogens with zero attached hydrogens (tertiary/aromatic N) is 12. The van der Waals surface area contributed by atoms with E-state index in [1.165, 1.54) is 78.8 Å². The average molecular weight is 1830 g/mol. The summed E-state index contributed by atoms with van der Waals surface area (Å²) >= 11 is 0. The Morgan fingerprint density at radius 2 is 0.609 bits per heavy atom. The smallest absolute Gasteiger partial charge is 0.220 e. The number of phenolic OH excluding ortho intramolecular Hbond substituents is 3. The van der Waals surface area contributed by atoms with Gasteiger partial charge in [-0.1, -0.05) is 163 Å². The van der Waals surface area contributed by atoms with Crippen LogP contribution in [0.5, 0.6) is 17.2 Å². The summed E-state index contributed by atoms with van der Waals surface area (Å²) < 4.78 is 3.30. The monoisotopic (exact) mass is 1820 g/mol. The van der Waals surface area contributed by atoms with Gasteiger partial charge in [0.1, 0.15) is 67.4 Å². The fourth-order valence-corrected chi connectivity index (χ4v) is 14.7. The lowest BCUT2D eigenvalue weighted by atomic mass is 9.84. The molecular weight excluding hydrogens is 1690 g/mol. The Balaban J connectivity index is 0.000000360. The minimum Gasteiger partial charge on any atom is -1.00 e. The van der Waals surface area contributed by atoms with Crippen molar-refractivity contribution in [2.75, 3.05) is 98.7 Å². The minimum absolute atomic E-state index is 0. The number of aromatic nitrogens is 9. The molecule has 3 aromatic heterocycles. The number of aryl methyl sites for hydroxylation is 3. The second kappa shape index (κ2) is 47.5. The van der Waals surface area contributed by atoms with Crippen LogP contribution in [0, 0.1) is 0 Å². The number of hydrogen-bond acceptors (Lipinski definition) is 12. The van der Waals surface area contributed by atoms with Gasteiger partial charge in [-0.05, 0) is 168 Å². The number of amides is 3. The summed E-state index contributed by atoms with van der Waals surface area (Å²) in [6, 6.07) is 34.7. The molecule has 636 valence electrons. The van der Waals surface area contributed by atoms with E-state index < -0.39 is 0 Å². The average Bonchev–Trinajstić information content (AvgIpc) is 1.70. The van der Waals surface area contributed by atoms with E-state index in [-0.39, 0.29) is 109 Å². The van der Waals surface area contributed by atoms with E-state index in [1.807, 2.05) is 109 Å². The second-order valence-electron chi connectivity index (χ2n) is 34.3. The Bertz CT molecular complexity index is 4350. The quantitative estimate of drug-likeness (QED) is 0.0122. The predicted molar refractivity (Wildman–Crippen MR) is 458 cm³/mol. The maximum Gasteiger partial charge on any atom is 0.220 e. The molecule has 115 heavy (non-hydrogen) atoms. The molecule has 0 fully saturated rings. The van der Waals surface area contributed by atoms with Gasteiger partial charge in [0.05, 0.1) is 79.0 Å². The molecule has 0 aliphatic carbocycles. The second-order valence-corrected chi connectivity index (χ2v) is 34.3. The fourth-order valence-electron chi connectivity index (χ4n) is 14.7. The van der Waals surface area contributed by atoms with Gasteiger partial charge in [-0.15, -0.1) is 45.0 Å². The molecule has 24 heteroatoms. The van der Waals surface area contributed by atoms with Crippen molar-refractivity contribution in [3.05, 3.63) is 143 Å². The topological polar surface area (TPSA) is 240 Å². The molecule has 0 aliphatic rings. The van der Waals surface area contributed by atoms with Crippen LogP contribution in [0.3, 0.4) is 0 Å². The Hall–Kier alpha value is -7.10. The summed E-state index contributed by atoms with van der Waals surface area (Å²) in [6.07, 6.45) is 16.4. The zero-order chi connectivity index (χ0) is 81.9. The van der Waals surface area contributed by atoms with Gasteiger partial charge in [-0.2, -0.15) is 0 Å². The maximum absolute atomic E-state index is 12.8. The Labute approximate surface area is 726 Å². The van der Waals surface area contributed by atoms with Gasteiger partial charge in [0, 0.05) is 74.8 Å². The Morgan fingerprint density at radius 1 is 0.357 bits per heavy atom. The van der Waals surface area contributed by atoms with Gasteiger partial charge in [-0.3, -0.25) is 14.4 Å². The van der Waals surface area contributed by atoms with Gasteiger partial charge >= 0.3 is 0 Å². The molecule has 0 saturated heterocycles. The van der Waals surface area contributed by atoms with E-state index in [9.17, 15) is 29.7 Å². The summed E-state index contributed by atoms with van der Waals surface area (Å²) in [5.74, 6) is 0.723. The number of carbonyl (C=O) groups is 3. The van der Waals surface area contributed by atoms with Crippen molar-refractivity contribution < 1.29 is 101 Å². The van der Waals surface area contributed by atoms with Gasteiger partial charge in [0.15, 0.2) is 0 Å². The van der Waals surface area contributed by atoms with Crippen LogP contribution in [0.15, 0.2) is 109 Å². The van der Waals surface area contributed by atoms with Crippen LogP contribution in [0.4, 0.5) is 0 Å². The number of phenols is 3. The van der Waals surface area contributed by atoms with Gasteiger partial charge in [0.2, 0.25) is 17.7 Å². The third-order valence-corrected chi connectivity index (χ3v) is 22.9. The zero-order valence-electron chi connectivity index (χ0n) is 72.9. The summed E-state index contributed by atoms with van der Waals surface area (Å²) in [7, 11) is 2.26. The fraction of sp³-hybridized carbons (Fsp3) is 0.571. The highest BCUT2D eigenvalue weighted by atomic mass is 127. The molecule has 0 radical (unpaired) electrons. The maximum atomic E-state index is 12.8. The van der Waals surface area contributed by atoms with Gasteiger partial charge < -0.3 is 103 Å². The van der Waals surface area contributed by atoms with E-state index >= 15 is 0 Å². The highest BCUT2D eigenvalue weighted by molar-refractivity contribution is 5.79. The largest absolute Gasteiger partial charge is 1.00 e. The number of halogens is 3. The molecule has 6 N–H and O–H groups in total.